The quantitative estimate of drug-likeness (QED) is 0.843. The average Bonchev–Trinajstić information content (AvgIpc) is 2.52. The molecule has 0 fully saturated rings. The van der Waals surface area contributed by atoms with Gasteiger partial charge < -0.3 is 10.4 Å². The predicted octanol–water partition coefficient (Wildman–Crippen LogP) is 3.92. The molecular weight excluding hydrogens is 314 g/mol. The van der Waals surface area contributed by atoms with Crippen LogP contribution in [-0.4, -0.2) is 17.0 Å². The maximum absolute atomic E-state index is 12.2. The van der Waals surface area contributed by atoms with Crippen molar-refractivity contribution in [1.29, 1.82) is 0 Å². The minimum Gasteiger partial charge on any atom is -0.481 e. The first-order valence-electron chi connectivity index (χ1n) is 7.29. The van der Waals surface area contributed by atoms with Crippen molar-refractivity contribution in [3.63, 3.8) is 0 Å². The van der Waals surface area contributed by atoms with Crippen LogP contribution < -0.4 is 5.32 Å². The van der Waals surface area contributed by atoms with E-state index in [1.165, 1.54) is 0 Å². The number of carbonyl (C=O) groups is 2. The van der Waals surface area contributed by atoms with Gasteiger partial charge in [0.05, 0.1) is 5.92 Å². The van der Waals surface area contributed by atoms with Crippen molar-refractivity contribution >= 4 is 29.2 Å². The molecule has 2 N–H and O–H groups in total. The molecule has 0 aromatic heterocycles. The summed E-state index contributed by atoms with van der Waals surface area (Å²) in [5, 5.41) is 12.6. The number of carboxylic acid groups (broad SMARTS) is 1. The molecule has 2 aromatic rings. The molecule has 0 aliphatic rings. The Morgan fingerprint density at radius 2 is 1.83 bits per heavy atom. The summed E-state index contributed by atoms with van der Waals surface area (Å²) >= 11 is 6.02. The van der Waals surface area contributed by atoms with Crippen molar-refractivity contribution in [3.05, 3.63) is 64.7 Å². The highest BCUT2D eigenvalue weighted by molar-refractivity contribution is 6.31. The highest BCUT2D eigenvalue weighted by Crippen LogP contribution is 2.23. The molecule has 1 atom stereocenters. The number of benzene rings is 2. The monoisotopic (exact) mass is 331 g/mol. The molecule has 23 heavy (non-hydrogen) atoms. The summed E-state index contributed by atoms with van der Waals surface area (Å²) in [6.45, 7) is 1.80. The maximum Gasteiger partial charge on any atom is 0.307 e. The number of rotatable bonds is 6. The van der Waals surface area contributed by atoms with E-state index in [1.54, 1.807) is 25.1 Å². The molecule has 0 radical (unpaired) electrons. The topological polar surface area (TPSA) is 66.4 Å². The molecule has 2 rings (SSSR count). The third kappa shape index (κ3) is 4.83. The largest absolute Gasteiger partial charge is 0.481 e. The smallest absolute Gasteiger partial charge is 0.307 e. The van der Waals surface area contributed by atoms with Gasteiger partial charge in [0, 0.05) is 17.1 Å². The zero-order chi connectivity index (χ0) is 16.8. The lowest BCUT2D eigenvalue weighted by Crippen LogP contribution is -2.24. The number of anilines is 1. The number of aliphatic carboxylic acids is 1. The van der Waals surface area contributed by atoms with Gasteiger partial charge in [-0.3, -0.25) is 9.59 Å². The molecule has 4 nitrogen and oxygen atoms in total. The van der Waals surface area contributed by atoms with Crippen LogP contribution in [0.1, 0.15) is 17.5 Å². The molecule has 0 spiro atoms. The number of hydrogen-bond acceptors (Lipinski definition) is 2. The molecule has 0 saturated heterocycles. The second kappa shape index (κ2) is 7.79. The van der Waals surface area contributed by atoms with Gasteiger partial charge in [-0.15, -0.1) is 0 Å². The maximum atomic E-state index is 12.2. The Kier molecular flexibility index (Phi) is 5.77. The van der Waals surface area contributed by atoms with Crippen LogP contribution in [0.3, 0.4) is 0 Å². The molecule has 0 bridgehead atoms. The molecule has 0 aliphatic heterocycles. The number of amides is 1. The number of carboxylic acids is 1. The predicted molar refractivity (Wildman–Crippen MR) is 90.7 cm³/mol. The standard InChI is InChI=1S/C18H18ClNO3/c1-12-15(19)8-5-9-16(12)20-17(21)11-14(18(22)23)10-13-6-3-2-4-7-13/h2-9,14H,10-11H2,1H3,(H,20,21)(H,22,23)/t14-/m0/s1. The van der Waals surface area contributed by atoms with Crippen LogP contribution in [0.15, 0.2) is 48.5 Å². The fraction of sp³-hybridized carbons (Fsp3) is 0.222. The fourth-order valence-corrected chi connectivity index (χ4v) is 2.49. The van der Waals surface area contributed by atoms with E-state index in [-0.39, 0.29) is 12.3 Å². The van der Waals surface area contributed by atoms with Crippen molar-refractivity contribution in [1.82, 2.24) is 0 Å². The second-order valence-electron chi connectivity index (χ2n) is 5.39. The van der Waals surface area contributed by atoms with Crippen LogP contribution in [0.25, 0.3) is 0 Å². The third-order valence-corrected chi connectivity index (χ3v) is 4.06. The number of nitrogens with one attached hydrogen (secondary N) is 1. The van der Waals surface area contributed by atoms with Crippen molar-refractivity contribution in [3.8, 4) is 0 Å². The summed E-state index contributed by atoms with van der Waals surface area (Å²) in [7, 11) is 0. The first-order chi connectivity index (χ1) is 11.0. The van der Waals surface area contributed by atoms with Gasteiger partial charge in [0.1, 0.15) is 0 Å². The zero-order valence-corrected chi connectivity index (χ0v) is 13.5. The van der Waals surface area contributed by atoms with Gasteiger partial charge in [-0.05, 0) is 36.6 Å². The highest BCUT2D eigenvalue weighted by atomic mass is 35.5. The highest BCUT2D eigenvalue weighted by Gasteiger charge is 2.22. The zero-order valence-electron chi connectivity index (χ0n) is 12.8. The van der Waals surface area contributed by atoms with E-state index >= 15 is 0 Å². The number of halogens is 1. The minimum atomic E-state index is -0.980. The van der Waals surface area contributed by atoms with Gasteiger partial charge in [-0.2, -0.15) is 0 Å². The molecule has 120 valence electrons. The van der Waals surface area contributed by atoms with E-state index in [0.717, 1.165) is 11.1 Å². The Bertz CT molecular complexity index is 701. The van der Waals surface area contributed by atoms with Crippen molar-refractivity contribution in [2.24, 2.45) is 5.92 Å². The summed E-state index contributed by atoms with van der Waals surface area (Å²) in [6, 6.07) is 14.5. The summed E-state index contributed by atoms with van der Waals surface area (Å²) < 4.78 is 0. The van der Waals surface area contributed by atoms with Crippen LogP contribution in [0.4, 0.5) is 5.69 Å². The molecule has 5 heteroatoms. The Balaban J connectivity index is 2.03. The van der Waals surface area contributed by atoms with E-state index in [1.807, 2.05) is 30.3 Å². The van der Waals surface area contributed by atoms with Crippen molar-refractivity contribution in [2.75, 3.05) is 5.32 Å². The van der Waals surface area contributed by atoms with E-state index < -0.39 is 11.9 Å². The molecular formula is C18H18ClNO3. The van der Waals surface area contributed by atoms with Crippen LogP contribution in [0.2, 0.25) is 5.02 Å². The second-order valence-corrected chi connectivity index (χ2v) is 5.80. The third-order valence-electron chi connectivity index (χ3n) is 3.65. The van der Waals surface area contributed by atoms with Gasteiger partial charge in [0.2, 0.25) is 5.91 Å². The van der Waals surface area contributed by atoms with Crippen molar-refractivity contribution < 1.29 is 14.7 Å². The summed E-state index contributed by atoms with van der Waals surface area (Å²) in [6.07, 6.45) is 0.230. The Hall–Kier alpha value is -2.33. The van der Waals surface area contributed by atoms with Crippen molar-refractivity contribution in [2.45, 2.75) is 19.8 Å². The molecule has 2 aromatic carbocycles. The average molecular weight is 332 g/mol. The molecule has 1 amide bonds. The van der Waals surface area contributed by atoms with E-state index in [9.17, 15) is 14.7 Å². The summed E-state index contributed by atoms with van der Waals surface area (Å²) in [5.74, 6) is -2.08. The Labute approximate surface area is 140 Å². The minimum absolute atomic E-state index is 0.0871. The lowest BCUT2D eigenvalue weighted by molar-refractivity contribution is -0.143. The van der Waals surface area contributed by atoms with Gasteiger partial charge in [-0.25, -0.2) is 0 Å². The lowest BCUT2D eigenvalue weighted by atomic mass is 9.96. The molecule has 0 saturated carbocycles. The van der Waals surface area contributed by atoms with E-state index in [0.29, 0.717) is 17.1 Å². The van der Waals surface area contributed by atoms with Crippen LogP contribution >= 0.6 is 11.6 Å². The fourth-order valence-electron chi connectivity index (χ4n) is 2.31. The Morgan fingerprint density at radius 1 is 1.13 bits per heavy atom. The van der Waals surface area contributed by atoms with Gasteiger partial charge in [0.15, 0.2) is 0 Å². The normalized spacial score (nSPS) is 11.7. The molecule has 0 unspecified atom stereocenters. The summed E-state index contributed by atoms with van der Waals surface area (Å²) in [5.41, 5.74) is 2.26. The first kappa shape index (κ1) is 17.0. The van der Waals surface area contributed by atoms with Crippen LogP contribution in [0.5, 0.6) is 0 Å². The van der Waals surface area contributed by atoms with Crippen LogP contribution in [-0.2, 0) is 16.0 Å². The number of hydrogen-bond donors (Lipinski definition) is 2. The van der Waals surface area contributed by atoms with Gasteiger partial charge in [0.25, 0.3) is 0 Å². The van der Waals surface area contributed by atoms with Gasteiger partial charge >= 0.3 is 5.97 Å². The van der Waals surface area contributed by atoms with Crippen LogP contribution in [0, 0.1) is 12.8 Å². The molecule has 0 aliphatic carbocycles. The lowest BCUT2D eigenvalue weighted by Gasteiger charge is -2.14. The summed E-state index contributed by atoms with van der Waals surface area (Å²) in [4.78, 5) is 23.6. The SMILES string of the molecule is Cc1c(Cl)cccc1NC(=O)C[C@H](Cc1ccccc1)C(=O)O. The Morgan fingerprint density at radius 3 is 2.48 bits per heavy atom. The first-order valence-corrected chi connectivity index (χ1v) is 7.67. The van der Waals surface area contributed by atoms with E-state index in [4.69, 9.17) is 11.6 Å². The van der Waals surface area contributed by atoms with E-state index in [2.05, 4.69) is 5.32 Å². The van der Waals surface area contributed by atoms with Gasteiger partial charge in [-0.1, -0.05) is 48.0 Å². The molecule has 0 heterocycles. The number of carbonyl (C=O) groups excluding carboxylic acids is 1.